The topological polar surface area (TPSA) is 219 Å². The van der Waals surface area contributed by atoms with Gasteiger partial charge in [-0.05, 0) is 25.8 Å². The molecule has 0 aliphatic carbocycles. The Morgan fingerprint density at radius 1 is 1.10 bits per heavy atom. The van der Waals surface area contributed by atoms with E-state index in [0.29, 0.717) is 31.5 Å². The first-order valence-electron chi connectivity index (χ1n) is 9.29. The summed E-state index contributed by atoms with van der Waals surface area (Å²) in [5, 5.41) is 14.2. The fourth-order valence-electron chi connectivity index (χ4n) is 2.56. The van der Waals surface area contributed by atoms with E-state index in [9.17, 15) is 24.3 Å². The number of aromatic amines is 1. The van der Waals surface area contributed by atoms with Crippen molar-refractivity contribution < 1.29 is 24.3 Å². The van der Waals surface area contributed by atoms with Gasteiger partial charge in [0.1, 0.15) is 12.1 Å². The number of amides is 3. The van der Waals surface area contributed by atoms with E-state index < -0.39 is 41.8 Å². The van der Waals surface area contributed by atoms with Gasteiger partial charge in [0.2, 0.25) is 17.7 Å². The van der Waals surface area contributed by atoms with Crippen LogP contribution in [0.5, 0.6) is 0 Å². The van der Waals surface area contributed by atoms with Crippen LogP contribution in [0.15, 0.2) is 12.5 Å². The van der Waals surface area contributed by atoms with Crippen LogP contribution in [0.1, 0.15) is 37.8 Å². The Morgan fingerprint density at radius 3 is 2.34 bits per heavy atom. The molecule has 1 rings (SSSR count). The zero-order valence-electron chi connectivity index (χ0n) is 16.1. The molecule has 0 bridgehead atoms. The third kappa shape index (κ3) is 9.17. The van der Waals surface area contributed by atoms with Crippen molar-refractivity contribution in [2.75, 3.05) is 6.54 Å². The van der Waals surface area contributed by atoms with Gasteiger partial charge in [-0.3, -0.25) is 14.4 Å². The van der Waals surface area contributed by atoms with Crippen molar-refractivity contribution in [1.29, 1.82) is 0 Å². The maximum absolute atomic E-state index is 12.6. The second-order valence-corrected chi connectivity index (χ2v) is 6.64. The highest BCUT2D eigenvalue weighted by Gasteiger charge is 2.28. The van der Waals surface area contributed by atoms with Gasteiger partial charge in [0.15, 0.2) is 0 Å². The minimum atomic E-state index is -1.26. The third-order valence-corrected chi connectivity index (χ3v) is 4.21. The zero-order valence-corrected chi connectivity index (χ0v) is 16.1. The van der Waals surface area contributed by atoms with E-state index in [-0.39, 0.29) is 19.3 Å². The summed E-state index contributed by atoms with van der Waals surface area (Å²) < 4.78 is 0. The fraction of sp³-hybridized carbons (Fsp3) is 0.588. The van der Waals surface area contributed by atoms with Crippen LogP contribution >= 0.6 is 0 Å². The number of nitrogens with two attached hydrogens (primary N) is 3. The minimum absolute atomic E-state index is 0.0316. The third-order valence-electron chi connectivity index (χ3n) is 4.21. The van der Waals surface area contributed by atoms with Crippen molar-refractivity contribution in [2.45, 2.75) is 56.7 Å². The summed E-state index contributed by atoms with van der Waals surface area (Å²) in [6.45, 7) is 0.477. The second kappa shape index (κ2) is 12.5. The number of hydrogen-bond acceptors (Lipinski definition) is 7. The van der Waals surface area contributed by atoms with E-state index >= 15 is 0 Å². The molecular weight excluding hydrogens is 382 g/mol. The van der Waals surface area contributed by atoms with E-state index in [1.54, 1.807) is 0 Å². The average Bonchev–Trinajstić information content (AvgIpc) is 3.17. The molecule has 0 unspecified atom stereocenters. The largest absolute Gasteiger partial charge is 0.480 e. The Labute approximate surface area is 168 Å². The van der Waals surface area contributed by atoms with E-state index in [4.69, 9.17) is 17.2 Å². The number of carboxylic acid groups (broad SMARTS) is 1. The summed E-state index contributed by atoms with van der Waals surface area (Å²) in [5.41, 5.74) is 16.9. The molecule has 12 nitrogen and oxygen atoms in total. The minimum Gasteiger partial charge on any atom is -0.480 e. The molecule has 162 valence electrons. The molecule has 12 heteroatoms. The van der Waals surface area contributed by atoms with Gasteiger partial charge in [0, 0.05) is 24.7 Å². The van der Waals surface area contributed by atoms with E-state index in [1.165, 1.54) is 12.5 Å². The van der Waals surface area contributed by atoms with Crippen LogP contribution in [0.25, 0.3) is 0 Å². The molecule has 1 aromatic rings. The molecule has 3 atom stereocenters. The van der Waals surface area contributed by atoms with Crippen molar-refractivity contribution in [1.82, 2.24) is 20.6 Å². The summed E-state index contributed by atoms with van der Waals surface area (Å²) in [6, 6.07) is -3.26. The van der Waals surface area contributed by atoms with Crippen molar-refractivity contribution in [2.24, 2.45) is 17.2 Å². The van der Waals surface area contributed by atoms with Crippen LogP contribution in [0, 0.1) is 0 Å². The predicted molar refractivity (Wildman–Crippen MR) is 103 cm³/mol. The number of hydrogen-bond donors (Lipinski definition) is 7. The van der Waals surface area contributed by atoms with Crippen molar-refractivity contribution in [3.05, 3.63) is 18.2 Å². The predicted octanol–water partition coefficient (Wildman–Crippen LogP) is -2.27. The number of carbonyl (C=O) groups excluding carboxylic acids is 3. The number of nitrogens with one attached hydrogen (secondary N) is 3. The Bertz CT molecular complexity index is 680. The van der Waals surface area contributed by atoms with Gasteiger partial charge in [-0.2, -0.15) is 0 Å². The molecule has 0 aliphatic rings. The van der Waals surface area contributed by atoms with Crippen LogP contribution in [-0.2, 0) is 25.6 Å². The van der Waals surface area contributed by atoms with Crippen LogP contribution in [-0.4, -0.2) is 63.4 Å². The Hall–Kier alpha value is -2.99. The van der Waals surface area contributed by atoms with Gasteiger partial charge >= 0.3 is 5.97 Å². The summed E-state index contributed by atoms with van der Waals surface area (Å²) in [4.78, 5) is 54.0. The highest BCUT2D eigenvalue weighted by atomic mass is 16.4. The van der Waals surface area contributed by atoms with Crippen LogP contribution in [0.2, 0.25) is 0 Å². The SMILES string of the molecule is NCCCC[C@H](N)C(=O)N[C@@H](CCC(N)=O)C(=O)N[C@@H](Cc1cnc[nH]1)C(=O)O. The van der Waals surface area contributed by atoms with E-state index in [1.807, 2.05) is 0 Å². The number of nitrogens with zero attached hydrogens (tertiary/aromatic N) is 1. The molecule has 0 saturated carbocycles. The van der Waals surface area contributed by atoms with Crippen molar-refractivity contribution in [3.63, 3.8) is 0 Å². The number of carbonyl (C=O) groups is 4. The summed E-state index contributed by atoms with van der Waals surface area (Å²) in [6.07, 6.45) is 4.28. The van der Waals surface area contributed by atoms with Gasteiger partial charge < -0.3 is 37.9 Å². The number of H-pyrrole nitrogens is 1. The molecule has 29 heavy (non-hydrogen) atoms. The lowest BCUT2D eigenvalue weighted by Crippen LogP contribution is -2.55. The molecule has 1 heterocycles. The first kappa shape index (κ1) is 24.0. The number of carboxylic acids is 1. The number of aliphatic carboxylic acids is 1. The molecule has 0 saturated heterocycles. The molecule has 1 aromatic heterocycles. The maximum atomic E-state index is 12.6. The second-order valence-electron chi connectivity index (χ2n) is 6.64. The van der Waals surface area contributed by atoms with E-state index in [0.717, 1.165) is 0 Å². The number of primary amides is 1. The lowest BCUT2D eigenvalue weighted by molar-refractivity contribution is -0.142. The van der Waals surface area contributed by atoms with Gasteiger partial charge in [-0.1, -0.05) is 6.42 Å². The zero-order chi connectivity index (χ0) is 21.8. The quantitative estimate of drug-likeness (QED) is 0.165. The molecule has 0 radical (unpaired) electrons. The van der Waals surface area contributed by atoms with Crippen LogP contribution in [0.3, 0.4) is 0 Å². The van der Waals surface area contributed by atoms with Crippen molar-refractivity contribution in [3.8, 4) is 0 Å². The molecule has 0 aliphatic heterocycles. The highest BCUT2D eigenvalue weighted by Crippen LogP contribution is 2.04. The van der Waals surface area contributed by atoms with Gasteiger partial charge in [0.05, 0.1) is 12.4 Å². The normalized spacial score (nSPS) is 13.9. The standard InChI is InChI=1S/C17H29N7O5/c18-6-2-1-3-11(19)15(26)23-12(4-5-14(20)25)16(27)24-13(17(28)29)7-10-8-21-9-22-10/h8-9,11-13H,1-7,18-19H2,(H2,20,25)(H,21,22)(H,23,26)(H,24,27)(H,28,29)/t11-,12-,13-/m0/s1. The Morgan fingerprint density at radius 2 is 1.79 bits per heavy atom. The highest BCUT2D eigenvalue weighted by molar-refractivity contribution is 5.92. The summed E-state index contributed by atoms with van der Waals surface area (Å²) in [5.74, 6) is -3.24. The van der Waals surface area contributed by atoms with Crippen LogP contribution < -0.4 is 27.8 Å². The first-order chi connectivity index (χ1) is 13.7. The van der Waals surface area contributed by atoms with Gasteiger partial charge in [-0.15, -0.1) is 0 Å². The van der Waals surface area contributed by atoms with E-state index in [2.05, 4.69) is 20.6 Å². The summed E-state index contributed by atoms with van der Waals surface area (Å²) in [7, 11) is 0. The number of aromatic nitrogens is 2. The average molecular weight is 411 g/mol. The van der Waals surface area contributed by atoms with Crippen LogP contribution in [0.4, 0.5) is 0 Å². The lowest BCUT2D eigenvalue weighted by Gasteiger charge is -2.22. The van der Waals surface area contributed by atoms with Gasteiger partial charge in [0.25, 0.3) is 0 Å². The number of rotatable bonds is 14. The smallest absolute Gasteiger partial charge is 0.326 e. The summed E-state index contributed by atoms with van der Waals surface area (Å²) >= 11 is 0. The van der Waals surface area contributed by atoms with Crippen molar-refractivity contribution >= 4 is 23.7 Å². The molecule has 10 N–H and O–H groups in total. The number of unbranched alkanes of at least 4 members (excludes halogenated alkanes) is 1. The Balaban J connectivity index is 2.77. The fourth-order valence-corrected chi connectivity index (χ4v) is 2.56. The van der Waals surface area contributed by atoms with Gasteiger partial charge in [-0.25, -0.2) is 9.78 Å². The molecule has 3 amide bonds. The lowest BCUT2D eigenvalue weighted by atomic mass is 10.1. The Kier molecular flexibility index (Phi) is 10.3. The maximum Gasteiger partial charge on any atom is 0.326 e. The number of imidazole rings is 1. The molecule has 0 spiro atoms. The molecular formula is C17H29N7O5. The molecule has 0 fully saturated rings. The monoisotopic (exact) mass is 411 g/mol. The first-order valence-corrected chi connectivity index (χ1v) is 9.29. The molecule has 0 aromatic carbocycles.